The van der Waals surface area contributed by atoms with Crippen LogP contribution in [0.3, 0.4) is 0 Å². The normalized spacial score (nSPS) is 12.3. The number of rotatable bonds is 8. The van der Waals surface area contributed by atoms with Crippen LogP contribution in [0.4, 0.5) is 0 Å². The lowest BCUT2D eigenvalue weighted by Gasteiger charge is -2.22. The van der Waals surface area contributed by atoms with E-state index in [0.717, 1.165) is 4.47 Å². The fourth-order valence-electron chi connectivity index (χ4n) is 2.59. The van der Waals surface area contributed by atoms with E-state index in [1.807, 2.05) is 13.8 Å². The van der Waals surface area contributed by atoms with Crippen molar-refractivity contribution in [2.75, 3.05) is 0 Å². The number of benzene rings is 2. The number of carboxylic acids is 1. The molecule has 6 nitrogen and oxygen atoms in total. The molecular formula is C22H22BrN2O4-. The minimum atomic E-state index is -1.37. The van der Waals surface area contributed by atoms with Crippen LogP contribution in [0.5, 0.6) is 0 Å². The van der Waals surface area contributed by atoms with Crippen LogP contribution in [0, 0.1) is 5.92 Å². The summed E-state index contributed by atoms with van der Waals surface area (Å²) in [6, 6.07) is 14.4. The van der Waals surface area contributed by atoms with E-state index in [0.29, 0.717) is 11.1 Å². The third-order valence-corrected chi connectivity index (χ3v) is 4.54. The summed E-state index contributed by atoms with van der Waals surface area (Å²) >= 11 is 3.34. The Labute approximate surface area is 178 Å². The zero-order valence-corrected chi connectivity index (χ0v) is 17.7. The molecule has 2 rings (SSSR count). The number of carbonyl (C=O) groups excluding carboxylic acids is 3. The Morgan fingerprint density at radius 3 is 2.21 bits per heavy atom. The third-order valence-electron chi connectivity index (χ3n) is 4.01. The van der Waals surface area contributed by atoms with Gasteiger partial charge in [-0.1, -0.05) is 60.1 Å². The van der Waals surface area contributed by atoms with Crippen LogP contribution < -0.4 is 15.7 Å². The maximum Gasteiger partial charge on any atom is 0.268 e. The van der Waals surface area contributed by atoms with E-state index in [9.17, 15) is 19.5 Å². The van der Waals surface area contributed by atoms with Crippen molar-refractivity contribution in [2.24, 2.45) is 5.92 Å². The predicted molar refractivity (Wildman–Crippen MR) is 112 cm³/mol. The molecule has 7 heteroatoms. The first-order valence-electron chi connectivity index (χ1n) is 9.11. The number of carboxylic acid groups (broad SMARTS) is 1. The predicted octanol–water partition coefficient (Wildman–Crippen LogP) is 2.50. The quantitative estimate of drug-likeness (QED) is 0.594. The summed E-state index contributed by atoms with van der Waals surface area (Å²) in [6.07, 6.45) is 1.70. The van der Waals surface area contributed by atoms with E-state index in [4.69, 9.17) is 0 Å². The first-order valence-corrected chi connectivity index (χ1v) is 9.91. The molecule has 2 aromatic carbocycles. The molecule has 0 aliphatic carbocycles. The average Bonchev–Trinajstić information content (AvgIpc) is 2.68. The Morgan fingerprint density at radius 2 is 1.66 bits per heavy atom. The molecule has 0 saturated carbocycles. The molecule has 29 heavy (non-hydrogen) atoms. The van der Waals surface area contributed by atoms with Crippen molar-refractivity contribution in [2.45, 2.75) is 26.3 Å². The van der Waals surface area contributed by atoms with Crippen LogP contribution in [0.2, 0.25) is 0 Å². The Bertz CT molecular complexity index is 893. The molecule has 0 radical (unpaired) electrons. The lowest BCUT2D eigenvalue weighted by Crippen LogP contribution is -2.50. The Balaban J connectivity index is 2.30. The summed E-state index contributed by atoms with van der Waals surface area (Å²) in [5.41, 5.74) is 0.984. The molecule has 2 N–H and O–H groups in total. The van der Waals surface area contributed by atoms with Gasteiger partial charge in [0.15, 0.2) is 0 Å². The summed E-state index contributed by atoms with van der Waals surface area (Å²) in [5, 5.41) is 16.4. The fourth-order valence-corrected chi connectivity index (χ4v) is 2.85. The average molecular weight is 458 g/mol. The summed E-state index contributed by atoms with van der Waals surface area (Å²) in [7, 11) is 0. The van der Waals surface area contributed by atoms with Crippen LogP contribution in [0.25, 0.3) is 6.08 Å². The Hall–Kier alpha value is -2.93. The van der Waals surface area contributed by atoms with Crippen molar-refractivity contribution in [3.05, 3.63) is 75.9 Å². The first-order chi connectivity index (χ1) is 13.8. The van der Waals surface area contributed by atoms with Gasteiger partial charge in [0, 0.05) is 10.0 Å². The molecule has 2 aromatic rings. The van der Waals surface area contributed by atoms with Gasteiger partial charge >= 0.3 is 0 Å². The summed E-state index contributed by atoms with van der Waals surface area (Å²) in [4.78, 5) is 36.7. The van der Waals surface area contributed by atoms with E-state index in [2.05, 4.69) is 26.6 Å². The minimum Gasteiger partial charge on any atom is -0.548 e. The SMILES string of the molecule is CC(C)C[C@@H](NC(=O)/C(=C/c1ccc(Br)cc1)NC(=O)c1ccccc1)C(=O)[O-]. The molecule has 0 aliphatic heterocycles. The van der Waals surface area contributed by atoms with Gasteiger partial charge in [0.25, 0.3) is 11.8 Å². The standard InChI is InChI=1S/C22H23BrN2O4/c1-14(2)12-19(22(28)29)25-21(27)18(13-15-8-10-17(23)11-9-15)24-20(26)16-6-4-3-5-7-16/h3-11,13-14,19H,12H2,1-2H3,(H,24,26)(H,25,27)(H,28,29)/p-1/b18-13-/t19-/m1/s1. The molecule has 0 unspecified atom stereocenters. The zero-order chi connectivity index (χ0) is 21.4. The number of nitrogens with one attached hydrogen (secondary N) is 2. The maximum atomic E-state index is 12.8. The highest BCUT2D eigenvalue weighted by Gasteiger charge is 2.20. The van der Waals surface area contributed by atoms with Crippen molar-refractivity contribution in [3.63, 3.8) is 0 Å². The number of aliphatic carboxylic acids is 1. The largest absolute Gasteiger partial charge is 0.548 e. The minimum absolute atomic E-state index is 0.0380. The van der Waals surface area contributed by atoms with E-state index in [1.165, 1.54) is 6.08 Å². The number of carbonyl (C=O) groups is 3. The van der Waals surface area contributed by atoms with Gasteiger partial charge in [-0.15, -0.1) is 0 Å². The summed E-state index contributed by atoms with van der Waals surface area (Å²) < 4.78 is 0.864. The molecule has 0 spiro atoms. The Kier molecular flexibility index (Phi) is 8.15. The second-order valence-corrected chi connectivity index (χ2v) is 7.82. The van der Waals surface area contributed by atoms with Gasteiger partial charge in [-0.3, -0.25) is 9.59 Å². The lowest BCUT2D eigenvalue weighted by molar-refractivity contribution is -0.308. The molecule has 0 heterocycles. The van der Waals surface area contributed by atoms with Crippen LogP contribution in [-0.4, -0.2) is 23.8 Å². The van der Waals surface area contributed by atoms with E-state index >= 15 is 0 Å². The highest BCUT2D eigenvalue weighted by molar-refractivity contribution is 9.10. The highest BCUT2D eigenvalue weighted by Crippen LogP contribution is 2.14. The summed E-state index contributed by atoms with van der Waals surface area (Å²) in [5.74, 6) is -2.51. The smallest absolute Gasteiger partial charge is 0.268 e. The third kappa shape index (κ3) is 7.19. The number of hydrogen-bond acceptors (Lipinski definition) is 4. The van der Waals surface area contributed by atoms with Crippen LogP contribution >= 0.6 is 15.9 Å². The molecule has 0 bridgehead atoms. The molecule has 1 atom stereocenters. The monoisotopic (exact) mass is 457 g/mol. The van der Waals surface area contributed by atoms with Crippen LogP contribution in [0.1, 0.15) is 36.2 Å². The van der Waals surface area contributed by atoms with Gasteiger partial charge in [-0.25, -0.2) is 0 Å². The highest BCUT2D eigenvalue weighted by atomic mass is 79.9. The van der Waals surface area contributed by atoms with E-state index in [1.54, 1.807) is 54.6 Å². The van der Waals surface area contributed by atoms with Crippen LogP contribution in [0.15, 0.2) is 64.8 Å². The number of hydrogen-bond donors (Lipinski definition) is 2. The van der Waals surface area contributed by atoms with E-state index < -0.39 is 23.8 Å². The summed E-state index contributed by atoms with van der Waals surface area (Å²) in [6.45, 7) is 3.69. The lowest BCUT2D eigenvalue weighted by atomic mass is 10.0. The Morgan fingerprint density at radius 1 is 1.03 bits per heavy atom. The van der Waals surface area contributed by atoms with Crippen LogP contribution in [-0.2, 0) is 9.59 Å². The zero-order valence-electron chi connectivity index (χ0n) is 16.1. The molecule has 0 aliphatic rings. The molecule has 2 amide bonds. The van der Waals surface area contributed by atoms with Gasteiger partial charge in [-0.05, 0) is 48.2 Å². The molecule has 152 valence electrons. The van der Waals surface area contributed by atoms with Crippen molar-refractivity contribution in [1.82, 2.24) is 10.6 Å². The van der Waals surface area contributed by atoms with Crippen molar-refractivity contribution >= 4 is 39.8 Å². The molecule has 0 fully saturated rings. The molecular weight excluding hydrogens is 436 g/mol. The molecule has 0 saturated heterocycles. The fraction of sp³-hybridized carbons (Fsp3) is 0.227. The van der Waals surface area contributed by atoms with Crippen molar-refractivity contribution in [1.29, 1.82) is 0 Å². The first kappa shape index (κ1) is 22.4. The van der Waals surface area contributed by atoms with Crippen molar-refractivity contribution in [3.8, 4) is 0 Å². The molecule has 0 aromatic heterocycles. The second-order valence-electron chi connectivity index (χ2n) is 6.90. The maximum absolute atomic E-state index is 12.8. The topological polar surface area (TPSA) is 98.3 Å². The van der Waals surface area contributed by atoms with Gasteiger partial charge < -0.3 is 20.5 Å². The van der Waals surface area contributed by atoms with E-state index in [-0.39, 0.29) is 18.0 Å². The second kappa shape index (κ2) is 10.6. The van der Waals surface area contributed by atoms with Gasteiger partial charge in [0.1, 0.15) is 5.70 Å². The van der Waals surface area contributed by atoms with Gasteiger partial charge in [0.2, 0.25) is 0 Å². The number of halogens is 1. The van der Waals surface area contributed by atoms with Gasteiger partial charge in [0.05, 0.1) is 12.0 Å². The van der Waals surface area contributed by atoms with Crippen molar-refractivity contribution < 1.29 is 19.5 Å². The number of amides is 2. The van der Waals surface area contributed by atoms with Gasteiger partial charge in [-0.2, -0.15) is 0 Å².